The van der Waals surface area contributed by atoms with Crippen LogP contribution in [-0.4, -0.2) is 115 Å². The van der Waals surface area contributed by atoms with Gasteiger partial charge in [-0.2, -0.15) is 0 Å². The normalized spacial score (nSPS) is 24.2. The topological polar surface area (TPSA) is 159 Å². The number of fused-ring (bicyclic) bond motifs is 1. The molecule has 5 N–H and O–H groups in total. The summed E-state index contributed by atoms with van der Waals surface area (Å²) < 4.78 is 22.1. The summed E-state index contributed by atoms with van der Waals surface area (Å²) in [5, 5.41) is 38.9. The number of nitrogens with one attached hydrogen (secondary N) is 2. The SMILES string of the molecule is C[C@](C[C@H](O)[C@H](Cc1ccccc1)NC(=O)O[C@@H]1COC[C@H]1O)(C(=O)N[C@H]1c2ccccc2C[C@H]1O)c1ccc(OCCN2CCOCC2)cc1. The van der Waals surface area contributed by atoms with Gasteiger partial charge in [0.1, 0.15) is 18.5 Å². The van der Waals surface area contributed by atoms with Crippen LogP contribution in [0.2, 0.25) is 0 Å². The maximum absolute atomic E-state index is 14.5. The van der Waals surface area contributed by atoms with Gasteiger partial charge in [0.2, 0.25) is 5.91 Å². The third kappa shape index (κ3) is 9.26. The second-order valence-electron chi connectivity index (χ2n) is 13.8. The van der Waals surface area contributed by atoms with Crippen LogP contribution in [0.4, 0.5) is 4.79 Å². The molecule has 6 rings (SSSR count). The molecule has 0 saturated carbocycles. The van der Waals surface area contributed by atoms with E-state index in [1.165, 1.54) is 0 Å². The molecule has 3 aromatic carbocycles. The van der Waals surface area contributed by atoms with E-state index >= 15 is 0 Å². The van der Waals surface area contributed by atoms with Crippen LogP contribution < -0.4 is 15.4 Å². The molecule has 3 aromatic rings. The minimum Gasteiger partial charge on any atom is -0.492 e. The summed E-state index contributed by atoms with van der Waals surface area (Å²) >= 11 is 0. The number of aliphatic hydroxyl groups is 3. The van der Waals surface area contributed by atoms with Crippen molar-refractivity contribution in [1.29, 1.82) is 0 Å². The number of rotatable bonds is 14. The number of alkyl carbamates (subject to hydrolysis) is 1. The molecule has 7 atom stereocenters. The van der Waals surface area contributed by atoms with E-state index in [9.17, 15) is 24.9 Å². The van der Waals surface area contributed by atoms with Gasteiger partial charge in [-0.1, -0.05) is 66.7 Å². The van der Waals surface area contributed by atoms with Crippen LogP contribution in [-0.2, 0) is 37.3 Å². The predicted molar refractivity (Wildman–Crippen MR) is 188 cm³/mol. The highest BCUT2D eigenvalue weighted by Crippen LogP contribution is 2.36. The Morgan fingerprint density at radius 3 is 2.39 bits per heavy atom. The van der Waals surface area contributed by atoms with Gasteiger partial charge in [-0.15, -0.1) is 0 Å². The molecule has 12 nitrogen and oxygen atoms in total. The number of carbonyl (C=O) groups is 2. The fourth-order valence-electron chi connectivity index (χ4n) is 7.10. The molecule has 2 fully saturated rings. The lowest BCUT2D eigenvalue weighted by molar-refractivity contribution is -0.129. The zero-order valence-corrected chi connectivity index (χ0v) is 29.0. The van der Waals surface area contributed by atoms with Crippen LogP contribution >= 0.6 is 0 Å². The summed E-state index contributed by atoms with van der Waals surface area (Å²) in [4.78, 5) is 29.9. The minimum absolute atomic E-state index is 0.0688. The van der Waals surface area contributed by atoms with Gasteiger partial charge in [0.05, 0.1) is 56.1 Å². The molecule has 0 radical (unpaired) electrons. The van der Waals surface area contributed by atoms with Crippen LogP contribution in [0, 0.1) is 0 Å². The largest absolute Gasteiger partial charge is 0.492 e. The average Bonchev–Trinajstić information content (AvgIpc) is 3.69. The van der Waals surface area contributed by atoms with E-state index in [1.807, 2.05) is 78.9 Å². The molecular formula is C39H49N3O9. The van der Waals surface area contributed by atoms with Gasteiger partial charge in [-0.3, -0.25) is 9.69 Å². The van der Waals surface area contributed by atoms with Gasteiger partial charge in [-0.05, 0) is 54.2 Å². The van der Waals surface area contributed by atoms with Crippen LogP contribution in [0.5, 0.6) is 5.75 Å². The Balaban J connectivity index is 1.23. The van der Waals surface area contributed by atoms with E-state index in [4.69, 9.17) is 18.9 Å². The highest BCUT2D eigenvalue weighted by molar-refractivity contribution is 5.88. The van der Waals surface area contributed by atoms with Crippen molar-refractivity contribution >= 4 is 12.0 Å². The molecule has 51 heavy (non-hydrogen) atoms. The molecule has 12 heteroatoms. The van der Waals surface area contributed by atoms with Crippen molar-refractivity contribution in [3.05, 3.63) is 101 Å². The third-order valence-corrected chi connectivity index (χ3v) is 10.2. The summed E-state index contributed by atoms with van der Waals surface area (Å²) in [5.74, 6) is 0.274. The highest BCUT2D eigenvalue weighted by Gasteiger charge is 2.43. The first kappa shape index (κ1) is 36.7. The van der Waals surface area contributed by atoms with Gasteiger partial charge < -0.3 is 44.9 Å². The lowest BCUT2D eigenvalue weighted by Gasteiger charge is -2.35. The van der Waals surface area contributed by atoms with Crippen LogP contribution in [0.3, 0.4) is 0 Å². The van der Waals surface area contributed by atoms with E-state index in [0.29, 0.717) is 37.6 Å². The Kier molecular flexibility index (Phi) is 12.2. The van der Waals surface area contributed by atoms with E-state index in [2.05, 4.69) is 15.5 Å². The van der Waals surface area contributed by atoms with Crippen LogP contribution in [0.15, 0.2) is 78.9 Å². The predicted octanol–water partition coefficient (Wildman–Crippen LogP) is 2.28. The van der Waals surface area contributed by atoms with Crippen molar-refractivity contribution in [2.45, 2.75) is 68.1 Å². The molecule has 1 aliphatic carbocycles. The summed E-state index contributed by atoms with van der Waals surface area (Å²) in [6.45, 7) is 6.34. The number of hydrogen-bond donors (Lipinski definition) is 5. The third-order valence-electron chi connectivity index (χ3n) is 10.2. The number of amides is 2. The van der Waals surface area contributed by atoms with Crippen LogP contribution in [0.25, 0.3) is 0 Å². The first-order chi connectivity index (χ1) is 24.7. The number of hydrogen-bond acceptors (Lipinski definition) is 10. The van der Waals surface area contributed by atoms with Crippen molar-refractivity contribution in [1.82, 2.24) is 15.5 Å². The lowest BCUT2D eigenvalue weighted by atomic mass is 9.75. The molecule has 2 heterocycles. The Labute approximate surface area is 298 Å². The fraction of sp³-hybridized carbons (Fsp3) is 0.487. The van der Waals surface area contributed by atoms with Crippen LogP contribution in [0.1, 0.15) is 41.6 Å². The molecule has 3 aliphatic rings. The number of aliphatic hydroxyl groups excluding tert-OH is 3. The number of carbonyl (C=O) groups excluding carboxylic acids is 2. The smallest absolute Gasteiger partial charge is 0.407 e. The molecule has 274 valence electrons. The van der Waals surface area contributed by atoms with E-state index < -0.39 is 48.0 Å². The number of nitrogens with zero attached hydrogens (tertiary/aromatic N) is 1. The lowest BCUT2D eigenvalue weighted by Crippen LogP contribution is -2.52. The Bertz CT molecular complexity index is 1590. The van der Waals surface area contributed by atoms with Gasteiger partial charge in [0.25, 0.3) is 0 Å². The van der Waals surface area contributed by atoms with Gasteiger partial charge >= 0.3 is 6.09 Å². The van der Waals surface area contributed by atoms with Crippen molar-refractivity contribution in [2.75, 3.05) is 52.7 Å². The summed E-state index contributed by atoms with van der Waals surface area (Å²) in [7, 11) is 0. The molecular weight excluding hydrogens is 654 g/mol. The molecule has 0 bridgehead atoms. The minimum atomic E-state index is -1.31. The van der Waals surface area contributed by atoms with Gasteiger partial charge in [-0.25, -0.2) is 4.79 Å². The second-order valence-corrected chi connectivity index (χ2v) is 13.8. The molecule has 2 aliphatic heterocycles. The van der Waals surface area contributed by atoms with Gasteiger partial charge in [0.15, 0.2) is 6.10 Å². The Morgan fingerprint density at radius 2 is 1.67 bits per heavy atom. The Morgan fingerprint density at radius 1 is 0.941 bits per heavy atom. The Hall–Kier alpha value is -4.04. The summed E-state index contributed by atoms with van der Waals surface area (Å²) in [6.07, 6.45) is -4.00. The van der Waals surface area contributed by atoms with Gasteiger partial charge in [0, 0.05) is 26.1 Å². The van der Waals surface area contributed by atoms with E-state index in [-0.39, 0.29) is 32.0 Å². The molecule has 0 spiro atoms. The second kappa shape index (κ2) is 17.0. The van der Waals surface area contributed by atoms with Crippen molar-refractivity contribution in [3.8, 4) is 5.75 Å². The maximum Gasteiger partial charge on any atom is 0.407 e. The fourth-order valence-corrected chi connectivity index (χ4v) is 7.10. The monoisotopic (exact) mass is 703 g/mol. The molecule has 2 amide bonds. The van der Waals surface area contributed by atoms with Crippen molar-refractivity contribution < 1.29 is 43.9 Å². The number of benzene rings is 3. The standard InChI is InChI=1S/C39H49N3O9/c1-39(37(46)41-36-30-10-6-5-9-27(30)22-32(36)43,28-11-13-29(14-12-28)50-20-17-42-15-18-48-19-16-42)23-33(44)31(21-26-7-3-2-4-8-26)40-38(47)51-35-25-49-24-34(35)45/h2-14,31-36,43-45H,15-25H2,1H3,(H,40,47)(H,41,46)/t31-,32+,33-,34+,35+,36-,39+/m0/s1. The van der Waals surface area contributed by atoms with Crippen molar-refractivity contribution in [3.63, 3.8) is 0 Å². The first-order valence-corrected chi connectivity index (χ1v) is 17.7. The zero-order valence-electron chi connectivity index (χ0n) is 29.0. The highest BCUT2D eigenvalue weighted by atomic mass is 16.6. The van der Waals surface area contributed by atoms with Crippen molar-refractivity contribution in [2.24, 2.45) is 0 Å². The number of morpholine rings is 1. The first-order valence-electron chi connectivity index (χ1n) is 17.7. The zero-order chi connectivity index (χ0) is 35.8. The van der Waals surface area contributed by atoms with E-state index in [0.717, 1.165) is 36.3 Å². The number of ether oxygens (including phenoxy) is 4. The summed E-state index contributed by atoms with van der Waals surface area (Å²) in [6, 6.07) is 22.9. The van der Waals surface area contributed by atoms with E-state index in [1.54, 1.807) is 6.92 Å². The molecule has 0 unspecified atom stereocenters. The maximum atomic E-state index is 14.5. The summed E-state index contributed by atoms with van der Waals surface area (Å²) in [5.41, 5.74) is 2.02. The average molecular weight is 704 g/mol. The molecule has 0 aromatic heterocycles. The molecule has 2 saturated heterocycles. The quantitative estimate of drug-likeness (QED) is 0.169.